The lowest BCUT2D eigenvalue weighted by molar-refractivity contribution is -0.697. The molecule has 0 radical (unpaired) electrons. The van der Waals surface area contributed by atoms with Crippen LogP contribution in [0, 0.1) is 0 Å². The van der Waals surface area contributed by atoms with Gasteiger partial charge in [0, 0.05) is 45.4 Å². The minimum absolute atomic E-state index is 0.568. The van der Waals surface area contributed by atoms with Crippen LogP contribution in [0.2, 0.25) is 6.04 Å². The Morgan fingerprint density at radius 2 is 1.75 bits per heavy atom. The number of pyridine rings is 1. The number of hydrogen-bond acceptors (Lipinski definition) is 3. The van der Waals surface area contributed by atoms with E-state index >= 15 is 0 Å². The largest absolute Gasteiger partial charge is 0.500 e. The number of unbranched alkanes of at least 4 members (excludes halogenated alkanes) is 1. The van der Waals surface area contributed by atoms with Crippen molar-refractivity contribution in [2.45, 2.75) is 45.2 Å². The van der Waals surface area contributed by atoms with E-state index < -0.39 is 8.80 Å². The van der Waals surface area contributed by atoms with Crippen LogP contribution < -0.4 is 4.57 Å². The summed E-state index contributed by atoms with van der Waals surface area (Å²) in [6.45, 7) is 5.45. The first-order chi connectivity index (χ1) is 9.56. The standard InChI is InChI=1S/C15H28NO3Si/c1-14(2)15-9-8-11-16(13-15)10-6-7-12-20(17-3,18-4)19-5/h8-9,11,13-14H,6-7,10,12H2,1-5H3/q+1. The zero-order valence-corrected chi connectivity index (χ0v) is 14.4. The van der Waals surface area contributed by atoms with E-state index in [0.717, 1.165) is 25.4 Å². The summed E-state index contributed by atoms with van der Waals surface area (Å²) < 4.78 is 18.5. The Labute approximate surface area is 124 Å². The normalized spacial score (nSPS) is 12.1. The summed E-state index contributed by atoms with van der Waals surface area (Å²) in [5, 5.41) is 0. The topological polar surface area (TPSA) is 31.6 Å². The fraction of sp³-hybridized carbons (Fsp3) is 0.667. The second-order valence-corrected chi connectivity index (χ2v) is 8.37. The predicted octanol–water partition coefficient (Wildman–Crippen LogP) is 2.76. The lowest BCUT2D eigenvalue weighted by Crippen LogP contribution is -2.42. The van der Waals surface area contributed by atoms with Crippen molar-refractivity contribution in [1.82, 2.24) is 0 Å². The summed E-state index contributed by atoms with van der Waals surface area (Å²) in [5.41, 5.74) is 1.38. The van der Waals surface area contributed by atoms with Gasteiger partial charge in [0.2, 0.25) is 0 Å². The zero-order chi connectivity index (χ0) is 15.0. The molecular weight excluding hydrogens is 270 g/mol. The first-order valence-corrected chi connectivity index (χ1v) is 9.14. The lowest BCUT2D eigenvalue weighted by atomic mass is 10.1. The van der Waals surface area contributed by atoms with Crippen molar-refractivity contribution < 1.29 is 17.8 Å². The SMILES string of the molecule is CO[Si](CCCC[n+]1cccc(C(C)C)c1)(OC)OC. The van der Waals surface area contributed by atoms with Crippen molar-refractivity contribution >= 4 is 8.80 Å². The molecule has 0 unspecified atom stereocenters. The highest BCUT2D eigenvalue weighted by atomic mass is 28.4. The minimum Gasteiger partial charge on any atom is -0.377 e. The molecule has 1 heterocycles. The Hall–Kier alpha value is -0.753. The van der Waals surface area contributed by atoms with Gasteiger partial charge >= 0.3 is 8.80 Å². The van der Waals surface area contributed by atoms with Crippen molar-refractivity contribution in [3.8, 4) is 0 Å². The van der Waals surface area contributed by atoms with Gasteiger partial charge in [0.1, 0.15) is 6.54 Å². The van der Waals surface area contributed by atoms with Gasteiger partial charge in [-0.3, -0.25) is 0 Å². The maximum atomic E-state index is 5.43. The quantitative estimate of drug-likeness (QED) is 0.399. The average molecular weight is 298 g/mol. The van der Waals surface area contributed by atoms with Crippen LogP contribution in [0.15, 0.2) is 24.5 Å². The Morgan fingerprint density at radius 3 is 2.30 bits per heavy atom. The molecule has 1 aromatic heterocycles. The van der Waals surface area contributed by atoms with Crippen molar-refractivity contribution in [3.05, 3.63) is 30.1 Å². The first kappa shape index (κ1) is 17.3. The monoisotopic (exact) mass is 298 g/mol. The Balaban J connectivity index is 2.43. The van der Waals surface area contributed by atoms with Gasteiger partial charge in [-0.05, 0) is 18.4 Å². The number of aromatic nitrogens is 1. The number of nitrogens with zero attached hydrogens (tertiary/aromatic N) is 1. The molecule has 1 rings (SSSR count). The highest BCUT2D eigenvalue weighted by Gasteiger charge is 2.36. The molecule has 0 aliphatic heterocycles. The van der Waals surface area contributed by atoms with E-state index in [1.165, 1.54) is 5.56 Å². The maximum Gasteiger partial charge on any atom is 0.500 e. The fourth-order valence-electron chi connectivity index (χ4n) is 2.21. The van der Waals surface area contributed by atoms with Gasteiger partial charge in [0.05, 0.1) is 0 Å². The third kappa shape index (κ3) is 4.98. The Morgan fingerprint density at radius 1 is 1.10 bits per heavy atom. The Bertz CT molecular complexity index is 386. The van der Waals surface area contributed by atoms with Gasteiger partial charge in [-0.2, -0.15) is 0 Å². The van der Waals surface area contributed by atoms with Crippen LogP contribution in [0.1, 0.15) is 38.2 Å². The summed E-state index contributed by atoms with van der Waals surface area (Å²) in [6.07, 6.45) is 6.50. The summed E-state index contributed by atoms with van der Waals surface area (Å²) in [4.78, 5) is 0. The predicted molar refractivity (Wildman–Crippen MR) is 81.5 cm³/mol. The second kappa shape index (κ2) is 8.52. The fourth-order valence-corrected chi connectivity index (χ4v) is 4.01. The van der Waals surface area contributed by atoms with Crippen molar-refractivity contribution in [2.75, 3.05) is 21.3 Å². The van der Waals surface area contributed by atoms with Crippen molar-refractivity contribution in [3.63, 3.8) is 0 Å². The van der Waals surface area contributed by atoms with E-state index in [9.17, 15) is 0 Å². The van der Waals surface area contributed by atoms with E-state index in [4.69, 9.17) is 13.3 Å². The highest BCUT2D eigenvalue weighted by molar-refractivity contribution is 6.60. The van der Waals surface area contributed by atoms with Gasteiger partial charge in [-0.1, -0.05) is 13.8 Å². The van der Waals surface area contributed by atoms with Crippen molar-refractivity contribution in [2.24, 2.45) is 0 Å². The average Bonchev–Trinajstić information content (AvgIpc) is 2.48. The number of hydrogen-bond donors (Lipinski definition) is 0. The molecule has 0 aromatic carbocycles. The molecule has 0 saturated heterocycles. The molecule has 114 valence electrons. The van der Waals surface area contributed by atoms with Crippen LogP contribution >= 0.6 is 0 Å². The smallest absolute Gasteiger partial charge is 0.377 e. The second-order valence-electron chi connectivity index (χ2n) is 5.28. The van der Waals surface area contributed by atoms with Gasteiger partial charge in [0.25, 0.3) is 0 Å². The van der Waals surface area contributed by atoms with Gasteiger partial charge in [-0.25, -0.2) is 4.57 Å². The zero-order valence-electron chi connectivity index (χ0n) is 13.4. The van der Waals surface area contributed by atoms with Crippen LogP contribution in [0.25, 0.3) is 0 Å². The maximum absolute atomic E-state index is 5.43. The Kier molecular flexibility index (Phi) is 7.37. The van der Waals surface area contributed by atoms with E-state index in [-0.39, 0.29) is 0 Å². The van der Waals surface area contributed by atoms with Crippen LogP contribution in [0.3, 0.4) is 0 Å². The third-order valence-electron chi connectivity index (χ3n) is 3.63. The lowest BCUT2D eigenvalue weighted by Gasteiger charge is -2.23. The van der Waals surface area contributed by atoms with Crippen LogP contribution in [0.5, 0.6) is 0 Å². The molecule has 5 heteroatoms. The summed E-state index contributed by atoms with van der Waals surface area (Å²) >= 11 is 0. The summed E-state index contributed by atoms with van der Waals surface area (Å²) in [6, 6.07) is 5.16. The molecule has 1 aromatic rings. The molecule has 0 spiro atoms. The van der Waals surface area contributed by atoms with E-state index in [0.29, 0.717) is 5.92 Å². The number of rotatable bonds is 9. The van der Waals surface area contributed by atoms with Crippen LogP contribution in [0.4, 0.5) is 0 Å². The van der Waals surface area contributed by atoms with Crippen LogP contribution in [-0.2, 0) is 19.8 Å². The first-order valence-electron chi connectivity index (χ1n) is 7.21. The summed E-state index contributed by atoms with van der Waals surface area (Å²) in [5.74, 6) is 0.568. The molecule has 0 aliphatic carbocycles. The number of aryl methyl sites for hydroxylation is 1. The molecule has 0 fully saturated rings. The van der Waals surface area contributed by atoms with E-state index in [1.54, 1.807) is 21.3 Å². The molecular formula is C15H28NO3Si+. The molecule has 0 N–H and O–H groups in total. The van der Waals surface area contributed by atoms with Crippen molar-refractivity contribution in [1.29, 1.82) is 0 Å². The molecule has 20 heavy (non-hydrogen) atoms. The van der Waals surface area contributed by atoms with Gasteiger partial charge in [0.15, 0.2) is 12.4 Å². The minimum atomic E-state index is -2.39. The van der Waals surface area contributed by atoms with Crippen LogP contribution in [-0.4, -0.2) is 30.1 Å². The molecule has 0 saturated carbocycles. The molecule has 0 aliphatic rings. The summed E-state index contributed by atoms with van der Waals surface area (Å²) in [7, 11) is 2.61. The third-order valence-corrected chi connectivity index (χ3v) is 6.46. The van der Waals surface area contributed by atoms with Gasteiger partial charge in [-0.15, -0.1) is 0 Å². The molecule has 0 atom stereocenters. The van der Waals surface area contributed by atoms with Gasteiger partial charge < -0.3 is 13.3 Å². The van der Waals surface area contributed by atoms with E-state index in [2.05, 4.69) is 42.9 Å². The van der Waals surface area contributed by atoms with E-state index in [1.807, 2.05) is 0 Å². The molecule has 0 bridgehead atoms. The molecule has 4 nitrogen and oxygen atoms in total. The highest BCUT2D eigenvalue weighted by Crippen LogP contribution is 2.16. The molecule has 0 amide bonds.